The molecule has 2 N–H and O–H groups in total. The van der Waals surface area contributed by atoms with E-state index in [9.17, 15) is 9.59 Å². The summed E-state index contributed by atoms with van der Waals surface area (Å²) in [6.45, 7) is 3.77. The zero-order chi connectivity index (χ0) is 14.5. The van der Waals surface area contributed by atoms with Gasteiger partial charge in [0.05, 0.1) is 12.2 Å². The summed E-state index contributed by atoms with van der Waals surface area (Å²) in [5.41, 5.74) is 1.05. The number of ether oxygens (including phenoxy) is 1. The molecule has 0 saturated carbocycles. The van der Waals surface area contributed by atoms with Gasteiger partial charge in [0.1, 0.15) is 5.69 Å². The number of esters is 1. The first-order chi connectivity index (χ1) is 9.60. The van der Waals surface area contributed by atoms with Crippen LogP contribution in [0.3, 0.4) is 0 Å². The van der Waals surface area contributed by atoms with Crippen molar-refractivity contribution in [2.75, 3.05) is 11.9 Å². The maximum atomic E-state index is 11.6. The summed E-state index contributed by atoms with van der Waals surface area (Å²) in [5.74, 6) is -0.0559. The fourth-order valence-corrected chi connectivity index (χ4v) is 1.59. The number of hydrogen-bond acceptors (Lipinski definition) is 6. The van der Waals surface area contributed by atoms with Crippen molar-refractivity contribution in [2.45, 2.75) is 13.8 Å². The summed E-state index contributed by atoms with van der Waals surface area (Å²) >= 11 is 0. The summed E-state index contributed by atoms with van der Waals surface area (Å²) in [7, 11) is 0. The summed E-state index contributed by atoms with van der Waals surface area (Å²) in [4.78, 5) is 26.6. The number of H-pyrrole nitrogens is 1. The Bertz CT molecular complexity index is 681. The Labute approximate surface area is 115 Å². The Morgan fingerprint density at radius 2 is 2.25 bits per heavy atom. The maximum Gasteiger partial charge on any atom is 0.363 e. The molecule has 20 heavy (non-hydrogen) atoms. The predicted octanol–water partition coefficient (Wildman–Crippen LogP) is 1.39. The number of aryl methyl sites for hydroxylation is 1. The molecule has 2 rings (SSSR count). The van der Waals surface area contributed by atoms with Crippen LogP contribution >= 0.6 is 0 Å². The van der Waals surface area contributed by atoms with Crippen molar-refractivity contribution < 1.29 is 9.53 Å². The minimum Gasteiger partial charge on any atom is -0.462 e. The number of anilines is 2. The zero-order valence-corrected chi connectivity index (χ0v) is 11.1. The Morgan fingerprint density at radius 3 is 3.00 bits per heavy atom. The highest BCUT2D eigenvalue weighted by atomic mass is 16.5. The van der Waals surface area contributed by atoms with Crippen molar-refractivity contribution >= 4 is 17.5 Å². The molecule has 0 aliphatic heterocycles. The molecule has 2 aromatic rings. The van der Waals surface area contributed by atoms with Crippen LogP contribution in [0.4, 0.5) is 11.5 Å². The van der Waals surface area contributed by atoms with Crippen molar-refractivity contribution in [1.29, 1.82) is 0 Å². The second-order valence-corrected chi connectivity index (χ2v) is 4.00. The lowest BCUT2D eigenvalue weighted by molar-refractivity contribution is 0.0526. The second-order valence-electron chi connectivity index (χ2n) is 4.00. The van der Waals surface area contributed by atoms with E-state index in [1.54, 1.807) is 38.1 Å². The van der Waals surface area contributed by atoms with Gasteiger partial charge in [0.25, 0.3) is 0 Å². The maximum absolute atomic E-state index is 11.6. The van der Waals surface area contributed by atoms with Gasteiger partial charge in [-0.15, -0.1) is 0 Å². The fourth-order valence-electron chi connectivity index (χ4n) is 1.59. The normalized spacial score (nSPS) is 10.1. The molecule has 0 saturated heterocycles. The van der Waals surface area contributed by atoms with E-state index in [2.05, 4.69) is 20.5 Å². The molecular formula is C13H14N4O3. The van der Waals surface area contributed by atoms with Gasteiger partial charge in [0, 0.05) is 5.69 Å². The molecule has 1 aromatic heterocycles. The van der Waals surface area contributed by atoms with Crippen molar-refractivity contribution in [3.63, 3.8) is 0 Å². The van der Waals surface area contributed by atoms with Crippen molar-refractivity contribution in [2.24, 2.45) is 0 Å². The van der Waals surface area contributed by atoms with E-state index < -0.39 is 11.7 Å². The molecule has 104 valence electrons. The van der Waals surface area contributed by atoms with Crippen LogP contribution in [0.25, 0.3) is 0 Å². The minimum atomic E-state index is -0.542. The van der Waals surface area contributed by atoms with Crippen molar-refractivity contribution in [3.05, 3.63) is 46.0 Å². The van der Waals surface area contributed by atoms with Crippen LogP contribution in [0.2, 0.25) is 0 Å². The number of benzene rings is 1. The van der Waals surface area contributed by atoms with Gasteiger partial charge in [-0.2, -0.15) is 10.1 Å². The number of aromatic amines is 1. The Balaban J connectivity index is 2.26. The number of nitrogens with zero attached hydrogens (tertiary/aromatic N) is 2. The molecule has 7 nitrogen and oxygen atoms in total. The lowest BCUT2D eigenvalue weighted by atomic mass is 10.2. The highest BCUT2D eigenvalue weighted by molar-refractivity contribution is 5.90. The highest BCUT2D eigenvalue weighted by Crippen LogP contribution is 2.17. The smallest absolute Gasteiger partial charge is 0.363 e. The van der Waals surface area contributed by atoms with E-state index in [1.807, 2.05) is 0 Å². The van der Waals surface area contributed by atoms with Gasteiger partial charge < -0.3 is 10.1 Å². The van der Waals surface area contributed by atoms with E-state index in [0.717, 1.165) is 0 Å². The topological polar surface area (TPSA) is 97.0 Å². The first-order valence-corrected chi connectivity index (χ1v) is 6.07. The SMILES string of the molecule is CCOC(=O)c1cccc(Nc2nc(=O)[nH]nc2C)c1. The molecule has 0 unspecified atom stereocenters. The number of aromatic nitrogens is 3. The molecule has 7 heteroatoms. The average molecular weight is 274 g/mol. The number of carbonyl (C=O) groups excluding carboxylic acids is 1. The quantitative estimate of drug-likeness (QED) is 0.818. The monoisotopic (exact) mass is 274 g/mol. The van der Waals surface area contributed by atoms with Gasteiger partial charge in [-0.3, -0.25) is 0 Å². The molecule has 0 aliphatic carbocycles. The van der Waals surface area contributed by atoms with E-state index >= 15 is 0 Å². The summed E-state index contributed by atoms with van der Waals surface area (Å²) in [5, 5.41) is 9.00. The van der Waals surface area contributed by atoms with E-state index in [0.29, 0.717) is 29.4 Å². The highest BCUT2D eigenvalue weighted by Gasteiger charge is 2.08. The lowest BCUT2D eigenvalue weighted by Gasteiger charge is -2.08. The van der Waals surface area contributed by atoms with Gasteiger partial charge in [0.15, 0.2) is 5.82 Å². The van der Waals surface area contributed by atoms with Crippen LogP contribution in [0.5, 0.6) is 0 Å². The molecule has 0 spiro atoms. The molecule has 0 atom stereocenters. The van der Waals surface area contributed by atoms with E-state index in [-0.39, 0.29) is 0 Å². The number of carbonyl (C=O) groups is 1. The van der Waals surface area contributed by atoms with Crippen molar-refractivity contribution in [3.8, 4) is 0 Å². The number of hydrogen-bond donors (Lipinski definition) is 2. The number of rotatable bonds is 4. The largest absolute Gasteiger partial charge is 0.462 e. The Kier molecular flexibility index (Phi) is 4.09. The van der Waals surface area contributed by atoms with Crippen LogP contribution in [-0.4, -0.2) is 27.8 Å². The lowest BCUT2D eigenvalue weighted by Crippen LogP contribution is -2.15. The first-order valence-electron chi connectivity index (χ1n) is 6.07. The molecule has 0 aliphatic rings. The molecule has 0 bridgehead atoms. The van der Waals surface area contributed by atoms with Crippen LogP contribution < -0.4 is 11.0 Å². The van der Waals surface area contributed by atoms with E-state index in [4.69, 9.17) is 4.74 Å². The summed E-state index contributed by atoms with van der Waals surface area (Å²) < 4.78 is 4.93. The van der Waals surface area contributed by atoms with Gasteiger partial charge >= 0.3 is 11.7 Å². The second kappa shape index (κ2) is 5.96. The molecule has 0 fully saturated rings. The van der Waals surface area contributed by atoms with Crippen molar-refractivity contribution in [1.82, 2.24) is 15.2 Å². The molecule has 1 aromatic carbocycles. The third kappa shape index (κ3) is 3.19. The van der Waals surface area contributed by atoms with Gasteiger partial charge in [0.2, 0.25) is 0 Å². The van der Waals surface area contributed by atoms with E-state index in [1.165, 1.54) is 0 Å². The number of nitrogens with one attached hydrogen (secondary N) is 2. The van der Waals surface area contributed by atoms with Crippen LogP contribution in [0, 0.1) is 6.92 Å². The van der Waals surface area contributed by atoms with Gasteiger partial charge in [-0.05, 0) is 32.0 Å². The molecule has 1 heterocycles. The fraction of sp³-hybridized carbons (Fsp3) is 0.231. The van der Waals surface area contributed by atoms with Crippen LogP contribution in [-0.2, 0) is 4.74 Å². The summed E-state index contributed by atoms with van der Waals surface area (Å²) in [6.07, 6.45) is 0. The van der Waals surface area contributed by atoms with Crippen LogP contribution in [0.1, 0.15) is 23.0 Å². The van der Waals surface area contributed by atoms with Gasteiger partial charge in [-0.1, -0.05) is 6.07 Å². The average Bonchev–Trinajstić information content (AvgIpc) is 2.43. The first kappa shape index (κ1) is 13.7. The van der Waals surface area contributed by atoms with Gasteiger partial charge in [-0.25, -0.2) is 14.7 Å². The third-order valence-corrected chi connectivity index (χ3v) is 2.51. The molecular weight excluding hydrogens is 260 g/mol. The zero-order valence-electron chi connectivity index (χ0n) is 11.1. The predicted molar refractivity (Wildman–Crippen MR) is 73.1 cm³/mol. The molecule has 0 radical (unpaired) electrons. The molecule has 0 amide bonds. The summed E-state index contributed by atoms with van der Waals surface area (Å²) in [6, 6.07) is 6.75. The minimum absolute atomic E-state index is 0.315. The Hall–Kier alpha value is -2.70. The standard InChI is InChI=1S/C13H14N4O3/c1-3-20-12(18)9-5-4-6-10(7-9)14-11-8(2)16-17-13(19)15-11/h4-7H,3H2,1-2H3,(H2,14,15,17,19). The third-order valence-electron chi connectivity index (χ3n) is 2.51. The Morgan fingerprint density at radius 1 is 1.45 bits per heavy atom. The van der Waals surface area contributed by atoms with Crippen LogP contribution in [0.15, 0.2) is 29.1 Å².